The predicted octanol–water partition coefficient (Wildman–Crippen LogP) is 6.59. The minimum Gasteiger partial charge on any atom is -0.360 e. The number of nitriles is 1. The lowest BCUT2D eigenvalue weighted by atomic mass is 10.1. The zero-order valence-corrected chi connectivity index (χ0v) is 15.8. The first-order valence-corrected chi connectivity index (χ1v) is 9.57. The molecule has 0 spiro atoms. The molecule has 0 unspecified atom stereocenters. The van der Waals surface area contributed by atoms with Crippen LogP contribution in [0.1, 0.15) is 5.01 Å². The van der Waals surface area contributed by atoms with Crippen molar-refractivity contribution in [3.05, 3.63) is 88.3 Å². The van der Waals surface area contributed by atoms with Crippen LogP contribution in [0.25, 0.3) is 27.6 Å². The highest BCUT2D eigenvalue weighted by molar-refractivity contribution is 7.11. The number of nitrogens with zero attached hydrogens (tertiary/aromatic N) is 2. The normalized spacial score (nSPS) is 11.3. The maximum absolute atomic E-state index is 9.58. The van der Waals surface area contributed by atoms with Crippen molar-refractivity contribution in [3.63, 3.8) is 0 Å². The molecule has 4 aromatic rings. The molecule has 0 aliphatic rings. The first kappa shape index (κ1) is 17.3. The molecule has 0 aliphatic heterocycles. The van der Waals surface area contributed by atoms with Crippen LogP contribution in [0.3, 0.4) is 0 Å². The Labute approximate surface area is 166 Å². The van der Waals surface area contributed by atoms with Gasteiger partial charge in [-0.05, 0) is 23.6 Å². The van der Waals surface area contributed by atoms with E-state index in [0.717, 1.165) is 27.7 Å². The van der Waals surface area contributed by atoms with Crippen molar-refractivity contribution in [3.8, 4) is 17.3 Å². The van der Waals surface area contributed by atoms with E-state index in [9.17, 15) is 5.26 Å². The van der Waals surface area contributed by atoms with E-state index in [-0.39, 0.29) is 0 Å². The fraction of sp³-hybridized carbons (Fsp3) is 0. The molecular weight excluding hydrogens is 374 g/mol. The summed E-state index contributed by atoms with van der Waals surface area (Å²) in [5.41, 5.74) is 3.25. The summed E-state index contributed by atoms with van der Waals surface area (Å²) in [5, 5.41) is 18.4. The molecule has 27 heavy (non-hydrogen) atoms. The van der Waals surface area contributed by atoms with Gasteiger partial charge in [0.25, 0.3) is 0 Å². The first-order valence-electron chi connectivity index (χ1n) is 8.31. The van der Waals surface area contributed by atoms with E-state index >= 15 is 0 Å². The van der Waals surface area contributed by atoms with Crippen molar-refractivity contribution in [1.29, 1.82) is 5.26 Å². The Morgan fingerprint density at radius 2 is 1.81 bits per heavy atom. The molecular formula is C22H14ClN3S. The zero-order valence-electron chi connectivity index (χ0n) is 14.2. The second kappa shape index (κ2) is 7.63. The van der Waals surface area contributed by atoms with Gasteiger partial charge in [-0.1, -0.05) is 60.1 Å². The van der Waals surface area contributed by atoms with Crippen LogP contribution in [0.4, 0.5) is 5.69 Å². The molecule has 0 saturated carbocycles. The smallest absolute Gasteiger partial charge is 0.136 e. The van der Waals surface area contributed by atoms with Gasteiger partial charge in [0.2, 0.25) is 0 Å². The van der Waals surface area contributed by atoms with Crippen LogP contribution in [0.15, 0.2) is 78.3 Å². The minimum absolute atomic E-state index is 0.494. The van der Waals surface area contributed by atoms with Crippen LogP contribution in [-0.4, -0.2) is 4.98 Å². The summed E-state index contributed by atoms with van der Waals surface area (Å²) in [6.07, 6.45) is 1.71. The Morgan fingerprint density at radius 1 is 1.04 bits per heavy atom. The zero-order chi connectivity index (χ0) is 18.6. The number of thiazole rings is 1. The monoisotopic (exact) mass is 387 g/mol. The van der Waals surface area contributed by atoms with E-state index in [1.54, 1.807) is 6.20 Å². The van der Waals surface area contributed by atoms with Crippen molar-refractivity contribution in [2.24, 2.45) is 0 Å². The average Bonchev–Trinajstić information content (AvgIpc) is 3.19. The molecule has 130 valence electrons. The summed E-state index contributed by atoms with van der Waals surface area (Å²) in [6, 6.07) is 23.9. The largest absolute Gasteiger partial charge is 0.360 e. The number of anilines is 1. The fourth-order valence-corrected chi connectivity index (χ4v) is 3.71. The average molecular weight is 388 g/mol. The van der Waals surface area contributed by atoms with E-state index in [1.807, 2.05) is 53.9 Å². The minimum atomic E-state index is 0.494. The third kappa shape index (κ3) is 3.70. The predicted molar refractivity (Wildman–Crippen MR) is 114 cm³/mol. The highest BCUT2D eigenvalue weighted by Crippen LogP contribution is 2.28. The second-order valence-electron chi connectivity index (χ2n) is 5.89. The van der Waals surface area contributed by atoms with Gasteiger partial charge in [0.05, 0.1) is 5.69 Å². The number of fused-ring (bicyclic) bond motifs is 1. The van der Waals surface area contributed by atoms with E-state index < -0.39 is 0 Å². The van der Waals surface area contributed by atoms with Gasteiger partial charge in [0.15, 0.2) is 0 Å². The fourth-order valence-electron chi connectivity index (χ4n) is 2.79. The lowest BCUT2D eigenvalue weighted by Crippen LogP contribution is -1.92. The number of allylic oxidation sites excluding steroid dienone is 1. The van der Waals surface area contributed by atoms with Gasteiger partial charge in [0, 0.05) is 33.2 Å². The van der Waals surface area contributed by atoms with E-state index in [1.165, 1.54) is 11.3 Å². The van der Waals surface area contributed by atoms with Crippen LogP contribution in [0.5, 0.6) is 0 Å². The maximum atomic E-state index is 9.58. The molecule has 0 saturated heterocycles. The summed E-state index contributed by atoms with van der Waals surface area (Å²) in [5.74, 6) is 0. The van der Waals surface area contributed by atoms with Crippen LogP contribution < -0.4 is 5.32 Å². The molecule has 1 heterocycles. The Morgan fingerprint density at radius 3 is 2.63 bits per heavy atom. The van der Waals surface area contributed by atoms with Crippen molar-refractivity contribution in [2.45, 2.75) is 0 Å². The lowest BCUT2D eigenvalue weighted by Gasteiger charge is -2.06. The molecule has 3 nitrogen and oxygen atoms in total. The molecule has 0 aliphatic carbocycles. The Balaban J connectivity index is 1.62. The number of halogens is 1. The quantitative estimate of drug-likeness (QED) is 0.401. The molecule has 0 atom stereocenters. The van der Waals surface area contributed by atoms with Gasteiger partial charge in [-0.25, -0.2) is 4.98 Å². The van der Waals surface area contributed by atoms with Gasteiger partial charge in [-0.2, -0.15) is 5.26 Å². The molecule has 0 fully saturated rings. The topological polar surface area (TPSA) is 48.7 Å². The summed E-state index contributed by atoms with van der Waals surface area (Å²) < 4.78 is 0. The van der Waals surface area contributed by atoms with Crippen molar-refractivity contribution in [1.82, 2.24) is 4.98 Å². The van der Waals surface area contributed by atoms with Crippen molar-refractivity contribution < 1.29 is 0 Å². The Hall–Kier alpha value is -3.13. The van der Waals surface area contributed by atoms with Crippen LogP contribution in [0, 0.1) is 11.3 Å². The Bertz CT molecular complexity index is 1160. The van der Waals surface area contributed by atoms with Crippen molar-refractivity contribution in [2.75, 3.05) is 5.32 Å². The Kier molecular flexibility index (Phi) is 4.88. The van der Waals surface area contributed by atoms with Crippen LogP contribution in [0.2, 0.25) is 5.02 Å². The number of aromatic nitrogens is 1. The van der Waals surface area contributed by atoms with Crippen molar-refractivity contribution >= 4 is 45.0 Å². The second-order valence-corrected chi connectivity index (χ2v) is 7.18. The summed E-state index contributed by atoms with van der Waals surface area (Å²) in [7, 11) is 0. The molecule has 5 heteroatoms. The van der Waals surface area contributed by atoms with Crippen LogP contribution in [-0.2, 0) is 0 Å². The third-order valence-electron chi connectivity index (χ3n) is 4.16. The number of benzene rings is 3. The standard InChI is InChI=1S/C22H14ClN3S/c23-18-10-8-16(9-11-18)21-14-27-22(26-21)17(12-24)13-25-20-7-3-5-15-4-1-2-6-19(15)20/h1-11,13-14,25H/b17-13-. The lowest BCUT2D eigenvalue weighted by molar-refractivity contribution is 1.36. The molecule has 0 radical (unpaired) electrons. The molecule has 0 bridgehead atoms. The summed E-state index contributed by atoms with van der Waals surface area (Å²) >= 11 is 7.39. The maximum Gasteiger partial charge on any atom is 0.136 e. The number of nitrogens with one attached hydrogen (secondary N) is 1. The van der Waals surface area contributed by atoms with E-state index in [4.69, 9.17) is 11.6 Å². The van der Waals surface area contributed by atoms with Gasteiger partial charge < -0.3 is 5.32 Å². The SMILES string of the molecule is N#C/C(=C/Nc1cccc2ccccc12)c1nc(-c2ccc(Cl)cc2)cs1. The first-order chi connectivity index (χ1) is 13.2. The highest BCUT2D eigenvalue weighted by atomic mass is 35.5. The van der Waals surface area contributed by atoms with Gasteiger partial charge in [0.1, 0.15) is 16.6 Å². The van der Waals surface area contributed by atoms with Gasteiger partial charge >= 0.3 is 0 Å². The van der Waals surface area contributed by atoms with E-state index in [0.29, 0.717) is 15.6 Å². The summed E-state index contributed by atoms with van der Waals surface area (Å²) in [4.78, 5) is 4.60. The molecule has 3 aromatic carbocycles. The number of hydrogen-bond acceptors (Lipinski definition) is 4. The van der Waals surface area contributed by atoms with Gasteiger partial charge in [-0.3, -0.25) is 0 Å². The third-order valence-corrected chi connectivity index (χ3v) is 5.28. The number of hydrogen-bond donors (Lipinski definition) is 1. The molecule has 0 amide bonds. The summed E-state index contributed by atoms with van der Waals surface area (Å²) in [6.45, 7) is 0. The van der Waals surface area contributed by atoms with E-state index in [2.05, 4.69) is 34.6 Å². The van der Waals surface area contributed by atoms with Gasteiger partial charge in [-0.15, -0.1) is 11.3 Å². The highest BCUT2D eigenvalue weighted by Gasteiger charge is 2.09. The molecule has 1 aromatic heterocycles. The number of rotatable bonds is 4. The van der Waals surface area contributed by atoms with Crippen LogP contribution >= 0.6 is 22.9 Å². The molecule has 1 N–H and O–H groups in total. The molecule has 4 rings (SSSR count).